The first-order valence-electron chi connectivity index (χ1n) is 9.14. The number of aliphatic hydroxyl groups excluding tert-OH is 1. The first-order chi connectivity index (χ1) is 12.3. The number of aliphatic hydroxyl groups is 1. The van der Waals surface area contributed by atoms with E-state index >= 15 is 0 Å². The van der Waals surface area contributed by atoms with Crippen LogP contribution in [0.4, 0.5) is 4.79 Å². The summed E-state index contributed by atoms with van der Waals surface area (Å²) in [5.74, 6) is -0.402. The minimum atomic E-state index is -0.638. The molecule has 0 saturated carbocycles. The van der Waals surface area contributed by atoms with Gasteiger partial charge in [0.15, 0.2) is 0 Å². The lowest BCUT2D eigenvalue weighted by Gasteiger charge is -2.30. The Morgan fingerprint density at radius 3 is 2.50 bits per heavy atom. The third-order valence-electron chi connectivity index (χ3n) is 4.29. The lowest BCUT2D eigenvalue weighted by Crippen LogP contribution is -2.47. The molecule has 0 aliphatic carbocycles. The van der Waals surface area contributed by atoms with E-state index in [2.05, 4.69) is 0 Å². The number of carbonyl (C=O) groups excluding carboxylic acids is 2. The van der Waals surface area contributed by atoms with Crippen molar-refractivity contribution in [1.29, 1.82) is 0 Å². The highest BCUT2D eigenvalue weighted by Crippen LogP contribution is 2.30. The highest BCUT2D eigenvalue weighted by molar-refractivity contribution is 5.82. The fourth-order valence-corrected chi connectivity index (χ4v) is 3.16. The average Bonchev–Trinajstić information content (AvgIpc) is 3.01. The van der Waals surface area contributed by atoms with Gasteiger partial charge in [0.05, 0.1) is 0 Å². The number of benzene rings is 1. The topological polar surface area (TPSA) is 76.1 Å². The van der Waals surface area contributed by atoms with Gasteiger partial charge in [0, 0.05) is 12.6 Å². The first kappa shape index (κ1) is 20.2. The Bertz CT molecular complexity index is 596. The van der Waals surface area contributed by atoms with Gasteiger partial charge in [0.2, 0.25) is 0 Å². The average molecular weight is 363 g/mol. The maximum Gasteiger partial charge on any atom is 0.411 e. The van der Waals surface area contributed by atoms with Gasteiger partial charge >= 0.3 is 12.1 Å². The van der Waals surface area contributed by atoms with Crippen molar-refractivity contribution in [3.63, 3.8) is 0 Å². The van der Waals surface area contributed by atoms with Gasteiger partial charge in [-0.3, -0.25) is 4.90 Å². The molecule has 1 fully saturated rings. The highest BCUT2D eigenvalue weighted by atomic mass is 16.6. The summed E-state index contributed by atoms with van der Waals surface area (Å²) in [5, 5.41) is 9.11. The predicted octanol–water partition coefficient (Wildman–Crippen LogP) is 3.27. The molecule has 0 radical (unpaired) electrons. The highest BCUT2D eigenvalue weighted by Gasteiger charge is 2.43. The van der Waals surface area contributed by atoms with Gasteiger partial charge in [0.1, 0.15) is 18.2 Å². The van der Waals surface area contributed by atoms with Crippen LogP contribution < -0.4 is 0 Å². The van der Waals surface area contributed by atoms with Crippen LogP contribution in [0.1, 0.15) is 52.0 Å². The second-order valence-electron chi connectivity index (χ2n) is 7.59. The summed E-state index contributed by atoms with van der Waals surface area (Å²) in [7, 11) is 0. The Morgan fingerprint density at radius 1 is 1.19 bits per heavy atom. The number of hydrogen-bond acceptors (Lipinski definition) is 5. The number of rotatable bonds is 6. The molecule has 0 unspecified atom stereocenters. The van der Waals surface area contributed by atoms with Crippen LogP contribution in [0.5, 0.6) is 0 Å². The minimum absolute atomic E-state index is 0.0561. The maximum atomic E-state index is 12.7. The van der Waals surface area contributed by atoms with Crippen LogP contribution in [0, 0.1) is 0 Å². The molecule has 0 bridgehead atoms. The Hall–Kier alpha value is -2.08. The summed E-state index contributed by atoms with van der Waals surface area (Å²) in [4.78, 5) is 26.8. The fourth-order valence-electron chi connectivity index (χ4n) is 3.16. The molecule has 6 nitrogen and oxygen atoms in total. The van der Waals surface area contributed by atoms with E-state index in [1.54, 1.807) is 20.8 Å². The summed E-state index contributed by atoms with van der Waals surface area (Å²) in [6.45, 7) is 5.63. The van der Waals surface area contributed by atoms with Gasteiger partial charge in [-0.15, -0.1) is 0 Å². The van der Waals surface area contributed by atoms with Crippen molar-refractivity contribution in [1.82, 2.24) is 4.90 Å². The molecular formula is C20H29NO5. The summed E-state index contributed by atoms with van der Waals surface area (Å²) >= 11 is 0. The number of esters is 1. The molecular weight excluding hydrogens is 334 g/mol. The Kier molecular flexibility index (Phi) is 7.03. The van der Waals surface area contributed by atoms with E-state index in [1.165, 1.54) is 4.90 Å². The van der Waals surface area contributed by atoms with Crippen molar-refractivity contribution in [2.45, 2.75) is 70.7 Å². The molecule has 0 aromatic heterocycles. The van der Waals surface area contributed by atoms with Crippen LogP contribution in [-0.2, 0) is 20.9 Å². The van der Waals surface area contributed by atoms with Crippen molar-refractivity contribution < 1.29 is 24.2 Å². The van der Waals surface area contributed by atoms with Crippen molar-refractivity contribution in [2.24, 2.45) is 0 Å². The normalized spacial score (nSPS) is 20.1. The van der Waals surface area contributed by atoms with E-state index in [1.807, 2.05) is 30.3 Å². The second kappa shape index (κ2) is 9.03. The molecule has 2 atom stereocenters. The number of amides is 1. The Balaban J connectivity index is 2.07. The number of nitrogens with zero attached hydrogens (tertiary/aromatic N) is 1. The molecule has 1 heterocycles. The van der Waals surface area contributed by atoms with E-state index in [-0.39, 0.29) is 19.3 Å². The van der Waals surface area contributed by atoms with Crippen LogP contribution >= 0.6 is 0 Å². The summed E-state index contributed by atoms with van der Waals surface area (Å²) < 4.78 is 10.9. The van der Waals surface area contributed by atoms with Crippen LogP contribution in [0.3, 0.4) is 0 Å². The molecule has 1 aliphatic heterocycles. The van der Waals surface area contributed by atoms with Crippen LogP contribution in [0.25, 0.3) is 0 Å². The summed E-state index contributed by atoms with van der Waals surface area (Å²) in [5.41, 5.74) is 0.278. The quantitative estimate of drug-likeness (QED) is 0.785. The molecule has 6 heteroatoms. The zero-order valence-electron chi connectivity index (χ0n) is 15.8. The summed E-state index contributed by atoms with van der Waals surface area (Å²) in [6, 6.07) is 8.66. The number of likely N-dealkylation sites (tertiary alicyclic amines) is 1. The predicted molar refractivity (Wildman–Crippen MR) is 97.4 cm³/mol. The number of ether oxygens (including phenoxy) is 2. The molecule has 2 rings (SSSR count). The van der Waals surface area contributed by atoms with Crippen molar-refractivity contribution >= 4 is 12.1 Å². The van der Waals surface area contributed by atoms with E-state index in [4.69, 9.17) is 14.6 Å². The molecule has 1 N–H and O–H groups in total. The lowest BCUT2D eigenvalue weighted by atomic mass is 10.1. The Morgan fingerprint density at radius 2 is 1.88 bits per heavy atom. The van der Waals surface area contributed by atoms with Gasteiger partial charge in [-0.2, -0.15) is 0 Å². The third kappa shape index (κ3) is 5.73. The second-order valence-corrected chi connectivity index (χ2v) is 7.59. The monoisotopic (exact) mass is 363 g/mol. The first-order valence-corrected chi connectivity index (χ1v) is 9.14. The van der Waals surface area contributed by atoms with E-state index in [0.29, 0.717) is 25.7 Å². The van der Waals surface area contributed by atoms with Gasteiger partial charge < -0.3 is 14.6 Å². The molecule has 1 amide bonds. The van der Waals surface area contributed by atoms with Crippen LogP contribution in [0.2, 0.25) is 0 Å². The maximum absolute atomic E-state index is 12.7. The van der Waals surface area contributed by atoms with Crippen LogP contribution in [-0.4, -0.2) is 46.4 Å². The van der Waals surface area contributed by atoms with Gasteiger partial charge in [-0.25, -0.2) is 9.59 Å². The van der Waals surface area contributed by atoms with Gasteiger partial charge in [-0.05, 0) is 52.0 Å². The van der Waals surface area contributed by atoms with E-state index in [0.717, 1.165) is 5.56 Å². The number of carbonyl (C=O) groups is 2. The smallest absolute Gasteiger partial charge is 0.411 e. The van der Waals surface area contributed by atoms with Gasteiger partial charge in [0.25, 0.3) is 0 Å². The molecule has 0 spiro atoms. The van der Waals surface area contributed by atoms with Crippen molar-refractivity contribution in [3.05, 3.63) is 35.9 Å². The molecule has 144 valence electrons. The van der Waals surface area contributed by atoms with E-state index < -0.39 is 23.7 Å². The molecule has 1 aliphatic rings. The third-order valence-corrected chi connectivity index (χ3v) is 4.29. The molecule has 1 aromatic carbocycles. The largest absolute Gasteiger partial charge is 0.458 e. The van der Waals surface area contributed by atoms with E-state index in [9.17, 15) is 9.59 Å². The molecule has 1 saturated heterocycles. The van der Waals surface area contributed by atoms with Crippen molar-refractivity contribution in [3.8, 4) is 0 Å². The van der Waals surface area contributed by atoms with Crippen molar-refractivity contribution in [2.75, 3.05) is 6.61 Å². The molecule has 26 heavy (non-hydrogen) atoms. The zero-order chi connectivity index (χ0) is 19.2. The van der Waals surface area contributed by atoms with Gasteiger partial charge in [-0.1, -0.05) is 30.3 Å². The summed E-state index contributed by atoms with van der Waals surface area (Å²) in [6.07, 6.45) is 1.95. The Labute approximate surface area is 155 Å². The lowest BCUT2D eigenvalue weighted by molar-refractivity contribution is -0.160. The SMILES string of the molecule is CC(C)(C)OC(=O)[C@@H]1CC[C@H](CCCO)N1C(=O)OCc1ccccc1. The molecule has 1 aromatic rings. The number of hydrogen-bond donors (Lipinski definition) is 1. The van der Waals surface area contributed by atoms with Crippen LogP contribution in [0.15, 0.2) is 30.3 Å². The minimum Gasteiger partial charge on any atom is -0.458 e. The zero-order valence-corrected chi connectivity index (χ0v) is 15.8. The fraction of sp³-hybridized carbons (Fsp3) is 0.600. The standard InChI is InChI=1S/C20H29NO5/c1-20(2,3)26-18(23)17-12-11-16(10-7-13-22)21(17)19(24)25-14-15-8-5-4-6-9-15/h4-6,8-9,16-17,22H,7,10-14H2,1-3H3/t16-,17-/m0/s1.